The molecule has 2 nitrogen and oxygen atoms in total. The molecular formula is C17H22N2. The van der Waals surface area contributed by atoms with Gasteiger partial charge < -0.3 is 0 Å². The van der Waals surface area contributed by atoms with Crippen molar-refractivity contribution in [3.8, 4) is 0 Å². The molecule has 0 saturated heterocycles. The van der Waals surface area contributed by atoms with E-state index < -0.39 is 0 Å². The molecule has 1 atom stereocenters. The van der Waals surface area contributed by atoms with E-state index in [9.17, 15) is 0 Å². The summed E-state index contributed by atoms with van der Waals surface area (Å²) in [5.41, 5.74) is 5.50. The quantitative estimate of drug-likeness (QED) is 0.470. The monoisotopic (exact) mass is 254 g/mol. The summed E-state index contributed by atoms with van der Waals surface area (Å²) < 4.78 is 0. The number of nitrogens with two attached hydrogens (primary N) is 1. The van der Waals surface area contributed by atoms with E-state index in [2.05, 4.69) is 61.4 Å². The number of nitrogens with one attached hydrogen (secondary N) is 1. The zero-order valence-corrected chi connectivity index (χ0v) is 11.5. The molecule has 0 aliphatic heterocycles. The third kappa shape index (κ3) is 3.43. The average Bonchev–Trinajstić information content (AvgIpc) is 2.46. The average molecular weight is 254 g/mol. The van der Waals surface area contributed by atoms with Crippen LogP contribution in [0.2, 0.25) is 0 Å². The maximum absolute atomic E-state index is 5.68. The van der Waals surface area contributed by atoms with E-state index in [0.717, 1.165) is 19.3 Å². The van der Waals surface area contributed by atoms with Crippen LogP contribution in [0.1, 0.15) is 25.3 Å². The summed E-state index contributed by atoms with van der Waals surface area (Å²) >= 11 is 0. The predicted molar refractivity (Wildman–Crippen MR) is 82.8 cm³/mol. The molecule has 2 aromatic carbocycles. The number of benzene rings is 2. The molecule has 0 amide bonds. The van der Waals surface area contributed by atoms with Crippen LogP contribution >= 0.6 is 0 Å². The zero-order valence-electron chi connectivity index (χ0n) is 11.5. The van der Waals surface area contributed by atoms with E-state index >= 15 is 0 Å². The highest BCUT2D eigenvalue weighted by Crippen LogP contribution is 2.21. The van der Waals surface area contributed by atoms with Crippen LogP contribution in [0.25, 0.3) is 10.8 Å². The number of hydrogen-bond donors (Lipinski definition) is 2. The Balaban J connectivity index is 2.22. The third-order valence-electron chi connectivity index (χ3n) is 3.62. The first-order chi connectivity index (χ1) is 9.24. The molecule has 0 saturated carbocycles. The largest absolute Gasteiger partial charge is 0.271 e. The Hall–Kier alpha value is -1.64. The molecule has 0 spiro atoms. The summed E-state index contributed by atoms with van der Waals surface area (Å²) in [5.74, 6) is 5.68. The standard InChI is InChI=1S/C17H22N2/c1-3-13(2)11-16(19-18)12-15-9-6-8-14-7-4-5-10-17(14)15/h4-10,16,19H,2-3,11-12,18H2,1H3. The highest BCUT2D eigenvalue weighted by molar-refractivity contribution is 5.85. The van der Waals surface area contributed by atoms with Gasteiger partial charge in [-0.1, -0.05) is 61.5 Å². The van der Waals surface area contributed by atoms with Gasteiger partial charge in [0.05, 0.1) is 0 Å². The normalized spacial score (nSPS) is 12.5. The topological polar surface area (TPSA) is 38.0 Å². The molecule has 100 valence electrons. The summed E-state index contributed by atoms with van der Waals surface area (Å²) in [5, 5.41) is 2.59. The number of hydrogen-bond acceptors (Lipinski definition) is 2. The zero-order chi connectivity index (χ0) is 13.7. The molecule has 0 radical (unpaired) electrons. The van der Waals surface area contributed by atoms with Crippen molar-refractivity contribution in [3.63, 3.8) is 0 Å². The Morgan fingerprint density at radius 1 is 1.21 bits per heavy atom. The number of fused-ring (bicyclic) bond motifs is 1. The molecule has 19 heavy (non-hydrogen) atoms. The minimum absolute atomic E-state index is 0.248. The van der Waals surface area contributed by atoms with E-state index in [1.165, 1.54) is 21.9 Å². The Morgan fingerprint density at radius 2 is 1.95 bits per heavy atom. The molecule has 0 fully saturated rings. The van der Waals surface area contributed by atoms with Crippen LogP contribution in [0.4, 0.5) is 0 Å². The summed E-state index contributed by atoms with van der Waals surface area (Å²) in [6.45, 7) is 6.20. The molecule has 3 N–H and O–H groups in total. The van der Waals surface area contributed by atoms with Gasteiger partial charge >= 0.3 is 0 Å². The molecule has 0 heterocycles. The van der Waals surface area contributed by atoms with E-state index in [1.807, 2.05) is 0 Å². The Bertz CT molecular complexity index is 555. The van der Waals surface area contributed by atoms with Crippen LogP contribution in [-0.4, -0.2) is 6.04 Å². The van der Waals surface area contributed by atoms with E-state index in [0.29, 0.717) is 0 Å². The van der Waals surface area contributed by atoms with Crippen molar-refractivity contribution in [1.82, 2.24) is 5.43 Å². The molecule has 0 bridgehead atoms. The summed E-state index contributed by atoms with van der Waals surface area (Å²) in [6, 6.07) is 15.2. The minimum Gasteiger partial charge on any atom is -0.271 e. The second kappa shape index (κ2) is 6.50. The van der Waals surface area contributed by atoms with Crippen molar-refractivity contribution in [2.45, 2.75) is 32.2 Å². The molecule has 0 aromatic heterocycles. The second-order valence-electron chi connectivity index (χ2n) is 5.01. The lowest BCUT2D eigenvalue weighted by atomic mass is 9.95. The molecule has 2 heteroatoms. The summed E-state index contributed by atoms with van der Waals surface area (Å²) in [6.07, 6.45) is 2.86. The van der Waals surface area contributed by atoms with Gasteiger partial charge in [0.15, 0.2) is 0 Å². The Morgan fingerprint density at radius 3 is 2.68 bits per heavy atom. The second-order valence-corrected chi connectivity index (χ2v) is 5.01. The van der Waals surface area contributed by atoms with Crippen molar-refractivity contribution >= 4 is 10.8 Å². The molecule has 2 rings (SSSR count). The highest BCUT2D eigenvalue weighted by Gasteiger charge is 2.10. The van der Waals surface area contributed by atoms with Crippen LogP contribution in [0.5, 0.6) is 0 Å². The Kier molecular flexibility index (Phi) is 4.72. The van der Waals surface area contributed by atoms with Gasteiger partial charge in [-0.25, -0.2) is 0 Å². The highest BCUT2D eigenvalue weighted by atomic mass is 15.2. The smallest absolute Gasteiger partial charge is 0.0288 e. The summed E-state index contributed by atoms with van der Waals surface area (Å²) in [7, 11) is 0. The predicted octanol–water partition coefficient (Wildman–Crippen LogP) is 3.57. The fraction of sp³-hybridized carbons (Fsp3) is 0.294. The SMILES string of the molecule is C=C(CC)CC(Cc1cccc2ccccc12)NN. The maximum Gasteiger partial charge on any atom is 0.0288 e. The van der Waals surface area contributed by atoms with Gasteiger partial charge in [0.1, 0.15) is 0 Å². The summed E-state index contributed by atoms with van der Waals surface area (Å²) in [4.78, 5) is 0. The lowest BCUT2D eigenvalue weighted by Crippen LogP contribution is -2.37. The molecule has 0 aliphatic carbocycles. The first-order valence-corrected chi connectivity index (χ1v) is 6.84. The van der Waals surface area contributed by atoms with Crippen LogP contribution in [0.15, 0.2) is 54.6 Å². The fourth-order valence-corrected chi connectivity index (χ4v) is 2.42. The molecule has 0 aliphatic rings. The van der Waals surface area contributed by atoms with Crippen molar-refractivity contribution in [2.24, 2.45) is 5.84 Å². The van der Waals surface area contributed by atoms with Crippen LogP contribution in [0, 0.1) is 0 Å². The minimum atomic E-state index is 0.248. The van der Waals surface area contributed by atoms with Gasteiger partial charge in [0, 0.05) is 6.04 Å². The Labute approximate surface area is 115 Å². The lowest BCUT2D eigenvalue weighted by Gasteiger charge is -2.18. The van der Waals surface area contributed by atoms with Gasteiger partial charge in [-0.15, -0.1) is 0 Å². The van der Waals surface area contributed by atoms with E-state index in [1.54, 1.807) is 0 Å². The van der Waals surface area contributed by atoms with Gasteiger partial charge in [0.25, 0.3) is 0 Å². The van der Waals surface area contributed by atoms with Crippen LogP contribution < -0.4 is 11.3 Å². The fourth-order valence-electron chi connectivity index (χ4n) is 2.42. The van der Waals surface area contributed by atoms with E-state index in [4.69, 9.17) is 5.84 Å². The first kappa shape index (κ1) is 13.8. The van der Waals surface area contributed by atoms with Gasteiger partial charge in [-0.2, -0.15) is 0 Å². The molecule has 1 unspecified atom stereocenters. The van der Waals surface area contributed by atoms with Crippen LogP contribution in [0.3, 0.4) is 0 Å². The van der Waals surface area contributed by atoms with Crippen molar-refractivity contribution in [3.05, 3.63) is 60.2 Å². The van der Waals surface area contributed by atoms with E-state index in [-0.39, 0.29) is 6.04 Å². The van der Waals surface area contributed by atoms with Crippen LogP contribution in [-0.2, 0) is 6.42 Å². The molecular weight excluding hydrogens is 232 g/mol. The first-order valence-electron chi connectivity index (χ1n) is 6.84. The maximum atomic E-state index is 5.68. The van der Waals surface area contributed by atoms with Gasteiger partial charge in [0.2, 0.25) is 0 Å². The number of rotatable bonds is 6. The van der Waals surface area contributed by atoms with Crippen molar-refractivity contribution in [2.75, 3.05) is 0 Å². The molecule has 2 aromatic rings. The number of hydrazine groups is 1. The van der Waals surface area contributed by atoms with Gasteiger partial charge in [-0.3, -0.25) is 11.3 Å². The van der Waals surface area contributed by atoms with Crippen molar-refractivity contribution in [1.29, 1.82) is 0 Å². The third-order valence-corrected chi connectivity index (χ3v) is 3.62. The van der Waals surface area contributed by atoms with Crippen molar-refractivity contribution < 1.29 is 0 Å². The van der Waals surface area contributed by atoms with Gasteiger partial charge in [-0.05, 0) is 35.6 Å². The lowest BCUT2D eigenvalue weighted by molar-refractivity contribution is 0.518.